The Kier molecular flexibility index (Phi) is 9.35. The Balaban J connectivity index is 1.21. The Bertz CT molecular complexity index is 1060. The molecule has 0 aliphatic heterocycles. The monoisotopic (exact) mass is 468 g/mol. The van der Waals surface area contributed by atoms with Crippen LogP contribution in [0.5, 0.6) is 0 Å². The van der Waals surface area contributed by atoms with Crippen molar-refractivity contribution in [1.82, 2.24) is 0 Å². The highest BCUT2D eigenvalue weighted by molar-refractivity contribution is 5.29. The summed E-state index contributed by atoms with van der Waals surface area (Å²) in [5.74, 6) is 1.85. The Hall–Kier alpha value is -2.67. The minimum atomic E-state index is -0.0178. The normalized spacial score (nSPS) is 19.2. The lowest BCUT2D eigenvalue weighted by Crippen LogP contribution is -2.14. The summed E-state index contributed by atoms with van der Waals surface area (Å²) in [7, 11) is 0. The Morgan fingerprint density at radius 1 is 0.857 bits per heavy atom. The quantitative estimate of drug-likeness (QED) is 0.260. The predicted octanol–water partition coefficient (Wildman–Crippen LogP) is 9.59. The SMILES string of the molecule is CC=CCCc1ccc(C2CCC(CCc3ccc(C[C@H](C)c4ccccc4)cc3)CC2)cc1F. The summed E-state index contributed by atoms with van der Waals surface area (Å²) < 4.78 is 14.6. The molecule has 0 aromatic heterocycles. The van der Waals surface area contributed by atoms with Gasteiger partial charge in [-0.15, -0.1) is 0 Å². The summed E-state index contributed by atoms with van der Waals surface area (Å²) in [6, 6.07) is 26.1. The number of aryl methyl sites for hydroxylation is 2. The van der Waals surface area contributed by atoms with Gasteiger partial charge >= 0.3 is 0 Å². The molecule has 35 heavy (non-hydrogen) atoms. The Morgan fingerprint density at radius 3 is 2.26 bits per heavy atom. The third-order valence-electron chi connectivity index (χ3n) is 7.99. The molecule has 1 aliphatic carbocycles. The molecule has 0 bridgehead atoms. The van der Waals surface area contributed by atoms with Crippen LogP contribution in [0.4, 0.5) is 4.39 Å². The zero-order chi connectivity index (χ0) is 24.5. The van der Waals surface area contributed by atoms with Gasteiger partial charge in [0.05, 0.1) is 0 Å². The predicted molar refractivity (Wildman–Crippen MR) is 148 cm³/mol. The van der Waals surface area contributed by atoms with Gasteiger partial charge in [-0.2, -0.15) is 0 Å². The minimum absolute atomic E-state index is 0.0178. The van der Waals surface area contributed by atoms with Gasteiger partial charge in [0.15, 0.2) is 0 Å². The van der Waals surface area contributed by atoms with Crippen LogP contribution in [-0.2, 0) is 19.3 Å². The standard InChI is InChI=1S/C34H41F/c1-3-4-6-11-32-22-23-33(25-34(32)35)31-20-18-28(19-21-31)13-12-27-14-16-29(17-15-27)24-26(2)30-9-7-5-8-10-30/h3-5,7-10,14-17,22-23,25-26,28,31H,6,11-13,18-21,24H2,1-2H3/t26-,28?,31?/m0/s1. The van der Waals surface area contributed by atoms with E-state index < -0.39 is 0 Å². The van der Waals surface area contributed by atoms with Gasteiger partial charge in [0.25, 0.3) is 0 Å². The maximum atomic E-state index is 14.6. The van der Waals surface area contributed by atoms with Gasteiger partial charge in [-0.3, -0.25) is 0 Å². The third-order valence-corrected chi connectivity index (χ3v) is 7.99. The first-order valence-corrected chi connectivity index (χ1v) is 13.6. The number of allylic oxidation sites excluding steroid dienone is 2. The molecule has 3 aromatic carbocycles. The second kappa shape index (κ2) is 12.9. The fraction of sp³-hybridized carbons (Fsp3) is 0.412. The maximum absolute atomic E-state index is 14.6. The van der Waals surface area contributed by atoms with E-state index in [4.69, 9.17) is 0 Å². The summed E-state index contributed by atoms with van der Waals surface area (Å²) in [6.45, 7) is 4.33. The van der Waals surface area contributed by atoms with Crippen LogP contribution in [0.1, 0.15) is 92.0 Å². The van der Waals surface area contributed by atoms with Crippen molar-refractivity contribution in [2.45, 2.75) is 83.5 Å². The molecule has 184 valence electrons. The first kappa shape index (κ1) is 25.4. The van der Waals surface area contributed by atoms with Crippen LogP contribution in [0.3, 0.4) is 0 Å². The Morgan fingerprint density at radius 2 is 1.57 bits per heavy atom. The van der Waals surface area contributed by atoms with Crippen LogP contribution >= 0.6 is 0 Å². The summed E-state index contributed by atoms with van der Waals surface area (Å²) in [5.41, 5.74) is 6.34. The van der Waals surface area contributed by atoms with Crippen molar-refractivity contribution in [1.29, 1.82) is 0 Å². The van der Waals surface area contributed by atoms with Gasteiger partial charge < -0.3 is 0 Å². The first-order chi connectivity index (χ1) is 17.1. The zero-order valence-electron chi connectivity index (χ0n) is 21.6. The number of rotatable bonds is 10. The lowest BCUT2D eigenvalue weighted by molar-refractivity contribution is 0.310. The number of hydrogen-bond acceptors (Lipinski definition) is 0. The van der Waals surface area contributed by atoms with Gasteiger partial charge in [-0.1, -0.05) is 85.8 Å². The van der Waals surface area contributed by atoms with Crippen molar-refractivity contribution in [2.75, 3.05) is 0 Å². The van der Waals surface area contributed by atoms with Crippen molar-refractivity contribution in [3.8, 4) is 0 Å². The van der Waals surface area contributed by atoms with Crippen LogP contribution in [0, 0.1) is 11.7 Å². The van der Waals surface area contributed by atoms with E-state index in [2.05, 4.69) is 73.7 Å². The van der Waals surface area contributed by atoms with Gasteiger partial charge in [-0.05, 0) is 116 Å². The van der Waals surface area contributed by atoms with Gasteiger partial charge in [-0.25, -0.2) is 4.39 Å². The van der Waals surface area contributed by atoms with E-state index in [0.29, 0.717) is 11.8 Å². The van der Waals surface area contributed by atoms with Crippen LogP contribution < -0.4 is 0 Å². The number of halogens is 1. The fourth-order valence-electron chi connectivity index (χ4n) is 5.68. The molecular weight excluding hydrogens is 427 g/mol. The summed E-state index contributed by atoms with van der Waals surface area (Å²) >= 11 is 0. The first-order valence-electron chi connectivity index (χ1n) is 13.6. The van der Waals surface area contributed by atoms with E-state index in [-0.39, 0.29) is 5.82 Å². The molecule has 0 nitrogen and oxygen atoms in total. The van der Waals surface area contributed by atoms with Crippen LogP contribution in [-0.4, -0.2) is 0 Å². The minimum Gasteiger partial charge on any atom is -0.207 e. The molecule has 4 rings (SSSR count). The van der Waals surface area contributed by atoms with Gasteiger partial charge in [0, 0.05) is 0 Å². The van der Waals surface area contributed by atoms with Crippen LogP contribution in [0.15, 0.2) is 84.9 Å². The van der Waals surface area contributed by atoms with Crippen LogP contribution in [0.2, 0.25) is 0 Å². The number of hydrogen-bond donors (Lipinski definition) is 0. The molecule has 0 spiro atoms. The van der Waals surface area contributed by atoms with E-state index in [0.717, 1.165) is 30.7 Å². The summed E-state index contributed by atoms with van der Waals surface area (Å²) in [4.78, 5) is 0. The fourth-order valence-corrected chi connectivity index (χ4v) is 5.68. The topological polar surface area (TPSA) is 0 Å². The van der Waals surface area contributed by atoms with Crippen molar-refractivity contribution < 1.29 is 4.39 Å². The second-order valence-corrected chi connectivity index (χ2v) is 10.5. The van der Waals surface area contributed by atoms with Crippen molar-refractivity contribution in [3.05, 3.63) is 119 Å². The van der Waals surface area contributed by atoms with Crippen molar-refractivity contribution >= 4 is 0 Å². The smallest absolute Gasteiger partial charge is 0.126 e. The molecule has 0 radical (unpaired) electrons. The highest BCUT2D eigenvalue weighted by atomic mass is 19.1. The summed E-state index contributed by atoms with van der Waals surface area (Å²) in [6.07, 6.45) is 14.3. The van der Waals surface area contributed by atoms with E-state index in [1.807, 2.05) is 25.1 Å². The maximum Gasteiger partial charge on any atom is 0.126 e. The average molecular weight is 469 g/mol. The molecule has 1 saturated carbocycles. The molecule has 0 saturated heterocycles. The second-order valence-electron chi connectivity index (χ2n) is 10.5. The molecular formula is C34H41F. The van der Waals surface area contributed by atoms with E-state index >= 15 is 0 Å². The molecule has 1 atom stereocenters. The molecule has 3 aromatic rings. The van der Waals surface area contributed by atoms with E-state index in [1.54, 1.807) is 0 Å². The number of benzene rings is 3. The van der Waals surface area contributed by atoms with E-state index in [1.165, 1.54) is 60.8 Å². The van der Waals surface area contributed by atoms with Crippen molar-refractivity contribution in [2.24, 2.45) is 5.92 Å². The zero-order valence-corrected chi connectivity index (χ0v) is 21.6. The molecule has 1 fully saturated rings. The van der Waals surface area contributed by atoms with Gasteiger partial charge in [0.2, 0.25) is 0 Å². The van der Waals surface area contributed by atoms with Crippen LogP contribution in [0.25, 0.3) is 0 Å². The average Bonchev–Trinajstić information content (AvgIpc) is 2.90. The molecule has 0 N–H and O–H groups in total. The lowest BCUT2D eigenvalue weighted by atomic mass is 9.76. The molecule has 0 amide bonds. The molecule has 0 heterocycles. The molecule has 0 unspecified atom stereocenters. The lowest BCUT2D eigenvalue weighted by Gasteiger charge is -2.29. The summed E-state index contributed by atoms with van der Waals surface area (Å²) in [5, 5.41) is 0. The Labute approximate surface area is 212 Å². The molecule has 1 aliphatic rings. The third kappa shape index (κ3) is 7.40. The van der Waals surface area contributed by atoms with Crippen molar-refractivity contribution in [3.63, 3.8) is 0 Å². The highest BCUT2D eigenvalue weighted by Gasteiger charge is 2.23. The largest absolute Gasteiger partial charge is 0.207 e. The molecule has 1 heteroatoms. The highest BCUT2D eigenvalue weighted by Crippen LogP contribution is 2.38. The van der Waals surface area contributed by atoms with E-state index in [9.17, 15) is 4.39 Å². The van der Waals surface area contributed by atoms with Gasteiger partial charge in [0.1, 0.15) is 5.82 Å².